The highest BCUT2D eigenvalue weighted by Crippen LogP contribution is 2.36. The molecule has 3 saturated heterocycles. The summed E-state index contributed by atoms with van der Waals surface area (Å²) in [6.07, 6.45) is 4.90. The zero-order valence-electron chi connectivity index (χ0n) is 23.2. The third kappa shape index (κ3) is 9.26. The van der Waals surface area contributed by atoms with Crippen molar-refractivity contribution < 1.29 is 14.3 Å². The zero-order valence-corrected chi connectivity index (χ0v) is 27.1. The SMILES string of the molecule is Cl.Cl.O=C([C@@H](Cc1ccc(Cl)cc1Cl)N1CCOCC1)N1CCC(c2ccc(Cl)cc2OCCN2CCCC2)CC1. The minimum Gasteiger partial charge on any atom is -0.492 e. The lowest BCUT2D eigenvalue weighted by Crippen LogP contribution is -2.54. The molecule has 0 N–H and O–H groups in total. The summed E-state index contributed by atoms with van der Waals surface area (Å²) >= 11 is 19.0. The second kappa shape index (κ2) is 16.8. The maximum Gasteiger partial charge on any atom is 0.240 e. The first kappa shape index (κ1) is 34.5. The van der Waals surface area contributed by atoms with Crippen molar-refractivity contribution in [3.8, 4) is 5.75 Å². The summed E-state index contributed by atoms with van der Waals surface area (Å²) in [4.78, 5) is 20.7. The van der Waals surface area contributed by atoms with Gasteiger partial charge in [-0.2, -0.15) is 0 Å². The molecular formula is C30H40Cl5N3O3. The van der Waals surface area contributed by atoms with Gasteiger partial charge in [-0.05, 0) is 86.5 Å². The molecule has 0 spiro atoms. The predicted molar refractivity (Wildman–Crippen MR) is 172 cm³/mol. The predicted octanol–water partition coefficient (Wildman–Crippen LogP) is 6.61. The number of ether oxygens (including phenoxy) is 2. The van der Waals surface area contributed by atoms with Crippen LogP contribution in [-0.4, -0.2) is 92.3 Å². The fourth-order valence-electron chi connectivity index (χ4n) is 6.04. The number of nitrogens with zero attached hydrogens (tertiary/aromatic N) is 3. The first-order valence-electron chi connectivity index (χ1n) is 14.2. The third-order valence-electron chi connectivity index (χ3n) is 8.29. The van der Waals surface area contributed by atoms with Gasteiger partial charge in [0.2, 0.25) is 5.91 Å². The molecule has 3 fully saturated rings. The molecule has 228 valence electrons. The lowest BCUT2D eigenvalue weighted by Gasteiger charge is -2.39. The van der Waals surface area contributed by atoms with E-state index in [2.05, 4.69) is 15.9 Å². The van der Waals surface area contributed by atoms with Gasteiger partial charge < -0.3 is 14.4 Å². The molecule has 0 radical (unpaired) electrons. The van der Waals surface area contributed by atoms with E-state index in [4.69, 9.17) is 44.3 Å². The number of hydrogen-bond donors (Lipinski definition) is 0. The number of halogens is 5. The third-order valence-corrected chi connectivity index (χ3v) is 9.11. The van der Waals surface area contributed by atoms with Crippen LogP contribution in [0.15, 0.2) is 36.4 Å². The molecule has 3 heterocycles. The van der Waals surface area contributed by atoms with Crippen molar-refractivity contribution in [1.82, 2.24) is 14.7 Å². The van der Waals surface area contributed by atoms with Crippen LogP contribution < -0.4 is 4.74 Å². The van der Waals surface area contributed by atoms with Crippen LogP contribution >= 0.6 is 59.6 Å². The van der Waals surface area contributed by atoms with Crippen molar-refractivity contribution >= 4 is 65.5 Å². The number of rotatable bonds is 9. The van der Waals surface area contributed by atoms with Gasteiger partial charge in [-0.3, -0.25) is 14.6 Å². The Hall–Kier alpha value is -0.960. The van der Waals surface area contributed by atoms with Gasteiger partial charge in [-0.15, -0.1) is 24.8 Å². The molecule has 1 atom stereocenters. The Morgan fingerprint density at radius 1 is 0.902 bits per heavy atom. The lowest BCUT2D eigenvalue weighted by atomic mass is 9.88. The maximum atomic E-state index is 13.9. The monoisotopic (exact) mass is 665 g/mol. The lowest BCUT2D eigenvalue weighted by molar-refractivity contribution is -0.139. The first-order chi connectivity index (χ1) is 19.0. The summed E-state index contributed by atoms with van der Waals surface area (Å²) in [6.45, 7) is 8.11. The summed E-state index contributed by atoms with van der Waals surface area (Å²) in [7, 11) is 0. The fraction of sp³-hybridized carbons (Fsp3) is 0.567. The summed E-state index contributed by atoms with van der Waals surface area (Å²) in [5.74, 6) is 1.38. The van der Waals surface area contributed by atoms with Gasteiger partial charge >= 0.3 is 0 Å². The van der Waals surface area contributed by atoms with Crippen molar-refractivity contribution in [2.45, 2.75) is 44.1 Å². The number of morpholine rings is 1. The molecule has 0 saturated carbocycles. The second-order valence-electron chi connectivity index (χ2n) is 10.8. The van der Waals surface area contributed by atoms with Gasteiger partial charge in [0.25, 0.3) is 0 Å². The maximum absolute atomic E-state index is 13.9. The Kier molecular flexibility index (Phi) is 14.1. The molecule has 0 bridgehead atoms. The van der Waals surface area contributed by atoms with Crippen molar-refractivity contribution in [2.75, 3.05) is 65.6 Å². The Balaban J connectivity index is 0.00000231. The molecule has 0 unspecified atom stereocenters. The summed E-state index contributed by atoms with van der Waals surface area (Å²) < 4.78 is 11.8. The Morgan fingerprint density at radius 2 is 1.56 bits per heavy atom. The number of piperidine rings is 1. The Labute approximate surface area is 271 Å². The van der Waals surface area contributed by atoms with Crippen LogP contribution in [0.4, 0.5) is 0 Å². The minimum atomic E-state index is -0.274. The smallest absolute Gasteiger partial charge is 0.240 e. The van der Waals surface area contributed by atoms with E-state index < -0.39 is 0 Å². The van der Waals surface area contributed by atoms with Crippen LogP contribution in [0.2, 0.25) is 15.1 Å². The summed E-state index contributed by atoms with van der Waals surface area (Å²) in [5, 5.41) is 1.89. The van der Waals surface area contributed by atoms with Crippen molar-refractivity contribution in [2.24, 2.45) is 0 Å². The highest BCUT2D eigenvalue weighted by Gasteiger charge is 2.34. The fourth-order valence-corrected chi connectivity index (χ4v) is 6.69. The molecule has 3 aliphatic heterocycles. The van der Waals surface area contributed by atoms with E-state index in [1.165, 1.54) is 18.4 Å². The normalized spacial score (nSPS) is 19.3. The molecule has 2 aromatic carbocycles. The quantitative estimate of drug-likeness (QED) is 0.301. The van der Waals surface area contributed by atoms with Gasteiger partial charge in [0.05, 0.1) is 19.3 Å². The number of carbonyl (C=O) groups is 1. The van der Waals surface area contributed by atoms with Crippen LogP contribution in [0, 0.1) is 0 Å². The highest BCUT2D eigenvalue weighted by molar-refractivity contribution is 6.35. The number of amides is 1. The van der Waals surface area contributed by atoms with Crippen molar-refractivity contribution in [3.63, 3.8) is 0 Å². The summed E-state index contributed by atoms with van der Waals surface area (Å²) in [5.41, 5.74) is 2.14. The molecule has 0 aliphatic carbocycles. The van der Waals surface area contributed by atoms with E-state index in [0.29, 0.717) is 60.3 Å². The van der Waals surface area contributed by atoms with E-state index in [-0.39, 0.29) is 36.8 Å². The van der Waals surface area contributed by atoms with E-state index in [0.717, 1.165) is 56.9 Å². The van der Waals surface area contributed by atoms with E-state index in [1.54, 1.807) is 6.07 Å². The molecule has 1 amide bonds. The van der Waals surface area contributed by atoms with Crippen LogP contribution in [0.5, 0.6) is 5.75 Å². The van der Waals surface area contributed by atoms with Gasteiger partial charge in [0, 0.05) is 47.8 Å². The molecule has 5 rings (SSSR count). The van der Waals surface area contributed by atoms with Gasteiger partial charge in [0.15, 0.2) is 0 Å². The zero-order chi connectivity index (χ0) is 27.2. The van der Waals surface area contributed by atoms with Gasteiger partial charge in [0.1, 0.15) is 12.4 Å². The first-order valence-corrected chi connectivity index (χ1v) is 15.3. The minimum absolute atomic E-state index is 0. The van der Waals surface area contributed by atoms with Crippen molar-refractivity contribution in [3.05, 3.63) is 62.6 Å². The van der Waals surface area contributed by atoms with Crippen molar-refractivity contribution in [1.29, 1.82) is 0 Å². The number of carbonyl (C=O) groups excluding carboxylic acids is 1. The molecule has 41 heavy (non-hydrogen) atoms. The average Bonchev–Trinajstić information content (AvgIpc) is 3.47. The topological polar surface area (TPSA) is 45.3 Å². The van der Waals surface area contributed by atoms with E-state index >= 15 is 0 Å². The van der Waals surface area contributed by atoms with Crippen LogP contribution in [0.1, 0.15) is 42.7 Å². The van der Waals surface area contributed by atoms with Crippen LogP contribution in [0.25, 0.3) is 0 Å². The molecule has 11 heteroatoms. The van der Waals surface area contributed by atoms with Gasteiger partial charge in [-0.25, -0.2) is 0 Å². The highest BCUT2D eigenvalue weighted by atomic mass is 35.5. The number of benzene rings is 2. The number of hydrogen-bond acceptors (Lipinski definition) is 5. The Morgan fingerprint density at radius 3 is 2.24 bits per heavy atom. The Bertz CT molecular complexity index is 1120. The standard InChI is InChI=1S/C30H38Cl3N3O3.2ClH/c31-24-4-3-23(27(33)20-24)19-28(35-14-16-38-17-15-35)30(37)36-11-7-22(8-12-36)26-6-5-25(32)21-29(26)39-18-13-34-9-1-2-10-34;;/h3-6,20-22,28H,1-2,7-19H2;2*1H/t28-;;/m1../s1. The number of likely N-dealkylation sites (tertiary alicyclic amines) is 2. The molecule has 3 aliphatic rings. The van der Waals surface area contributed by atoms with E-state index in [9.17, 15) is 4.79 Å². The largest absolute Gasteiger partial charge is 0.492 e. The molecule has 0 aromatic heterocycles. The summed E-state index contributed by atoms with van der Waals surface area (Å²) in [6, 6.07) is 11.3. The average molecular weight is 668 g/mol. The molecule has 2 aromatic rings. The van der Waals surface area contributed by atoms with Crippen LogP contribution in [0.3, 0.4) is 0 Å². The second-order valence-corrected chi connectivity index (χ2v) is 12.1. The molecular weight excluding hydrogens is 628 g/mol. The molecule has 6 nitrogen and oxygen atoms in total. The van der Waals surface area contributed by atoms with Gasteiger partial charge in [-0.1, -0.05) is 46.9 Å². The van der Waals surface area contributed by atoms with Crippen LogP contribution in [-0.2, 0) is 16.0 Å². The van der Waals surface area contributed by atoms with E-state index in [1.807, 2.05) is 29.2 Å².